The molecule has 1 amide bonds. The van der Waals surface area contributed by atoms with E-state index in [0.29, 0.717) is 24.9 Å². The zero-order valence-corrected chi connectivity index (χ0v) is 13.6. The highest BCUT2D eigenvalue weighted by molar-refractivity contribution is 5.65. The number of likely N-dealkylation sites (tertiary alicyclic amines) is 1. The lowest BCUT2D eigenvalue weighted by molar-refractivity contribution is 0.129. The van der Waals surface area contributed by atoms with Gasteiger partial charge in [-0.05, 0) is 18.4 Å². The van der Waals surface area contributed by atoms with Gasteiger partial charge in [0.05, 0.1) is 5.92 Å². The van der Waals surface area contributed by atoms with Crippen LogP contribution in [0.1, 0.15) is 48.9 Å². The van der Waals surface area contributed by atoms with Crippen LogP contribution in [0.25, 0.3) is 6.08 Å². The second-order valence-corrected chi connectivity index (χ2v) is 6.08. The Morgan fingerprint density at radius 2 is 2.00 bits per heavy atom. The van der Waals surface area contributed by atoms with Gasteiger partial charge in [-0.2, -0.15) is 0 Å². The molecular weight excluding hydrogens is 306 g/mol. The molecule has 1 fully saturated rings. The summed E-state index contributed by atoms with van der Waals surface area (Å²) in [6, 6.07) is 10.1. The van der Waals surface area contributed by atoms with Gasteiger partial charge in [-0.15, -0.1) is 10.2 Å². The summed E-state index contributed by atoms with van der Waals surface area (Å²) in [6.07, 6.45) is 4.67. The van der Waals surface area contributed by atoms with Crippen molar-refractivity contribution in [3.05, 3.63) is 53.8 Å². The van der Waals surface area contributed by atoms with Gasteiger partial charge in [0.25, 0.3) is 0 Å². The Labute approximate surface area is 140 Å². The van der Waals surface area contributed by atoms with E-state index in [2.05, 4.69) is 10.2 Å². The van der Waals surface area contributed by atoms with Crippen molar-refractivity contribution in [2.24, 2.45) is 0 Å². The maximum Gasteiger partial charge on any atom is 0.407 e. The zero-order valence-electron chi connectivity index (χ0n) is 13.6. The Morgan fingerprint density at radius 3 is 2.67 bits per heavy atom. The molecule has 0 spiro atoms. The third-order valence-corrected chi connectivity index (χ3v) is 4.34. The van der Waals surface area contributed by atoms with Crippen molar-refractivity contribution in [1.29, 1.82) is 0 Å². The molecule has 1 unspecified atom stereocenters. The summed E-state index contributed by atoms with van der Waals surface area (Å²) in [7, 11) is 0. The summed E-state index contributed by atoms with van der Waals surface area (Å²) in [6.45, 7) is 3.05. The summed E-state index contributed by atoms with van der Waals surface area (Å²) in [5.74, 6) is 1.39. The van der Waals surface area contributed by atoms with Crippen LogP contribution in [0, 0.1) is 0 Å². The quantitative estimate of drug-likeness (QED) is 0.925. The van der Waals surface area contributed by atoms with Crippen LogP contribution < -0.4 is 0 Å². The van der Waals surface area contributed by atoms with Gasteiger partial charge in [0.15, 0.2) is 0 Å². The van der Waals surface area contributed by atoms with E-state index in [4.69, 9.17) is 9.52 Å². The average Bonchev–Trinajstić information content (AvgIpc) is 3.11. The molecule has 2 heterocycles. The first-order valence-corrected chi connectivity index (χ1v) is 8.18. The first-order valence-electron chi connectivity index (χ1n) is 8.18. The molecule has 1 saturated heterocycles. The number of carboxylic acid groups (broad SMARTS) is 1. The van der Waals surface area contributed by atoms with E-state index < -0.39 is 6.09 Å². The summed E-state index contributed by atoms with van der Waals surface area (Å²) >= 11 is 0. The largest absolute Gasteiger partial charge is 0.465 e. The predicted molar refractivity (Wildman–Crippen MR) is 89.8 cm³/mol. The first kappa shape index (κ1) is 16.2. The van der Waals surface area contributed by atoms with Crippen LogP contribution in [0.3, 0.4) is 0 Å². The van der Waals surface area contributed by atoms with Crippen molar-refractivity contribution < 1.29 is 14.3 Å². The Balaban J connectivity index is 1.61. The van der Waals surface area contributed by atoms with Gasteiger partial charge in [0, 0.05) is 19.0 Å². The Kier molecular flexibility index (Phi) is 4.93. The molecule has 1 aromatic heterocycles. The van der Waals surface area contributed by atoms with Crippen molar-refractivity contribution in [3.8, 4) is 0 Å². The molecule has 3 rings (SSSR count). The van der Waals surface area contributed by atoms with E-state index in [1.807, 2.05) is 49.4 Å². The van der Waals surface area contributed by atoms with Crippen molar-refractivity contribution in [2.75, 3.05) is 13.1 Å². The van der Waals surface area contributed by atoms with E-state index in [0.717, 1.165) is 18.4 Å². The van der Waals surface area contributed by atoms with Gasteiger partial charge in [-0.3, -0.25) is 0 Å². The molecule has 1 N–H and O–H groups in total. The fraction of sp³-hybridized carbons (Fsp3) is 0.389. The van der Waals surface area contributed by atoms with Crippen molar-refractivity contribution in [3.63, 3.8) is 0 Å². The van der Waals surface area contributed by atoms with E-state index in [1.165, 1.54) is 4.90 Å². The van der Waals surface area contributed by atoms with Gasteiger partial charge in [0.2, 0.25) is 11.8 Å². The molecule has 2 aromatic rings. The van der Waals surface area contributed by atoms with E-state index in [1.54, 1.807) is 0 Å². The fourth-order valence-corrected chi connectivity index (χ4v) is 2.82. The van der Waals surface area contributed by atoms with E-state index >= 15 is 0 Å². The number of piperidine rings is 1. The van der Waals surface area contributed by atoms with Crippen LogP contribution in [0.5, 0.6) is 0 Å². The lowest BCUT2D eigenvalue weighted by Gasteiger charge is -2.27. The number of amides is 1. The minimum absolute atomic E-state index is 0.0329. The van der Waals surface area contributed by atoms with Crippen LogP contribution in [0.15, 0.2) is 40.8 Å². The lowest BCUT2D eigenvalue weighted by Crippen LogP contribution is -2.36. The molecule has 6 nitrogen and oxygen atoms in total. The van der Waals surface area contributed by atoms with Crippen molar-refractivity contribution in [2.45, 2.75) is 31.6 Å². The monoisotopic (exact) mass is 327 g/mol. The molecule has 0 aliphatic carbocycles. The molecule has 1 atom stereocenters. The molecular formula is C18H21N3O3. The topological polar surface area (TPSA) is 79.5 Å². The Morgan fingerprint density at radius 1 is 1.29 bits per heavy atom. The van der Waals surface area contributed by atoms with Gasteiger partial charge >= 0.3 is 6.09 Å². The normalized spacial score (nSPS) is 17.3. The zero-order chi connectivity index (χ0) is 16.9. The minimum Gasteiger partial charge on any atom is -0.465 e. The van der Waals surface area contributed by atoms with Gasteiger partial charge in [-0.25, -0.2) is 4.79 Å². The van der Waals surface area contributed by atoms with E-state index in [9.17, 15) is 4.79 Å². The van der Waals surface area contributed by atoms with Crippen LogP contribution >= 0.6 is 0 Å². The molecule has 0 saturated carbocycles. The van der Waals surface area contributed by atoms with Gasteiger partial charge < -0.3 is 14.4 Å². The average molecular weight is 327 g/mol. The predicted octanol–water partition coefficient (Wildman–Crippen LogP) is 3.74. The summed E-state index contributed by atoms with van der Waals surface area (Å²) < 4.78 is 5.83. The highest BCUT2D eigenvalue weighted by Gasteiger charge is 2.27. The van der Waals surface area contributed by atoms with Crippen LogP contribution in [0.2, 0.25) is 0 Å². The lowest BCUT2D eigenvalue weighted by atomic mass is 9.97. The highest BCUT2D eigenvalue weighted by Crippen LogP contribution is 2.28. The summed E-state index contributed by atoms with van der Waals surface area (Å²) in [5.41, 5.74) is 1.13. The smallest absolute Gasteiger partial charge is 0.407 e. The number of hydrogen-bond acceptors (Lipinski definition) is 4. The number of hydrogen-bond donors (Lipinski definition) is 1. The molecule has 1 aliphatic rings. The minimum atomic E-state index is -0.862. The second kappa shape index (κ2) is 7.29. The summed E-state index contributed by atoms with van der Waals surface area (Å²) in [4.78, 5) is 12.4. The Bertz CT molecular complexity index is 703. The highest BCUT2D eigenvalue weighted by atomic mass is 16.4. The number of aromatic nitrogens is 2. The fourth-order valence-electron chi connectivity index (χ4n) is 2.82. The molecule has 6 heteroatoms. The summed E-state index contributed by atoms with van der Waals surface area (Å²) in [5, 5.41) is 17.3. The van der Waals surface area contributed by atoms with E-state index in [-0.39, 0.29) is 11.8 Å². The number of nitrogens with zero attached hydrogens (tertiary/aromatic N) is 3. The maximum atomic E-state index is 10.9. The molecule has 24 heavy (non-hydrogen) atoms. The molecule has 1 aromatic carbocycles. The molecule has 1 aliphatic heterocycles. The number of rotatable bonds is 4. The van der Waals surface area contributed by atoms with Crippen molar-refractivity contribution in [1.82, 2.24) is 15.1 Å². The Hall–Kier alpha value is -2.63. The first-order chi connectivity index (χ1) is 11.6. The third kappa shape index (κ3) is 3.82. The maximum absolute atomic E-state index is 10.9. The number of carbonyl (C=O) groups is 1. The second-order valence-electron chi connectivity index (χ2n) is 6.08. The molecule has 126 valence electrons. The number of allylic oxidation sites excluding steroid dienone is 1. The van der Waals surface area contributed by atoms with Crippen LogP contribution in [-0.2, 0) is 0 Å². The molecule has 0 bridgehead atoms. The van der Waals surface area contributed by atoms with Crippen molar-refractivity contribution >= 4 is 12.2 Å². The van der Waals surface area contributed by atoms with Gasteiger partial charge in [-0.1, -0.05) is 49.4 Å². The SMILES string of the molecule is CC(/C=C/c1ccccc1)c1nnc(C2CCN(C(=O)O)CC2)o1. The standard InChI is InChI=1S/C18H21N3O3/c1-13(7-8-14-5-3-2-4-6-14)16-19-20-17(24-16)15-9-11-21(12-10-15)18(22)23/h2-8,13,15H,9-12H2,1H3,(H,22,23)/b8-7+. The van der Waals surface area contributed by atoms with Gasteiger partial charge in [0.1, 0.15) is 0 Å². The third-order valence-electron chi connectivity index (χ3n) is 4.34. The molecule has 0 radical (unpaired) electrons. The van der Waals surface area contributed by atoms with Crippen LogP contribution in [-0.4, -0.2) is 39.4 Å². The number of benzene rings is 1. The van der Waals surface area contributed by atoms with Crippen LogP contribution in [0.4, 0.5) is 4.79 Å².